The molecule has 7 nitrogen and oxygen atoms in total. The van der Waals surface area contributed by atoms with E-state index in [4.69, 9.17) is 9.52 Å². The Hall–Kier alpha value is -3.35. The third kappa shape index (κ3) is 3.55. The summed E-state index contributed by atoms with van der Waals surface area (Å²) in [5, 5.41) is 8.65. The van der Waals surface area contributed by atoms with Gasteiger partial charge in [0, 0.05) is 17.1 Å². The number of fused-ring (bicyclic) bond motifs is 1. The maximum absolute atomic E-state index is 12.6. The molecular formula is C22H25N5O2. The minimum atomic E-state index is -0.142. The van der Waals surface area contributed by atoms with Crippen LogP contribution in [-0.4, -0.2) is 25.2 Å². The van der Waals surface area contributed by atoms with Crippen molar-refractivity contribution in [3.63, 3.8) is 0 Å². The van der Waals surface area contributed by atoms with Crippen LogP contribution in [0.25, 0.3) is 16.9 Å². The molecule has 0 bridgehead atoms. The van der Waals surface area contributed by atoms with Crippen molar-refractivity contribution < 1.29 is 9.21 Å². The van der Waals surface area contributed by atoms with Crippen LogP contribution in [0, 0.1) is 34.6 Å². The number of hydrogen-bond acceptors (Lipinski definition) is 4. The van der Waals surface area contributed by atoms with Gasteiger partial charge in [0.15, 0.2) is 11.5 Å². The number of rotatable bonds is 5. The highest BCUT2D eigenvalue weighted by molar-refractivity contribution is 5.88. The standard InChI is InChI=1S/C22H25N5O2/c1-13-10-14(2)24-21-20(13)22(27-15(3)6-7-16(27)4)25-26(21)12-19(28)23-11-18-9-8-17(5)29-18/h6-10H,11-12H2,1-5H3,(H,23,28). The van der Waals surface area contributed by atoms with Crippen LogP contribution in [0.4, 0.5) is 0 Å². The minimum Gasteiger partial charge on any atom is -0.465 e. The molecule has 0 atom stereocenters. The molecule has 4 heterocycles. The molecule has 0 spiro atoms. The van der Waals surface area contributed by atoms with E-state index in [1.54, 1.807) is 4.68 Å². The third-order valence-electron chi connectivity index (χ3n) is 5.04. The van der Waals surface area contributed by atoms with Gasteiger partial charge in [-0.3, -0.25) is 4.79 Å². The number of carbonyl (C=O) groups excluding carboxylic acids is 1. The van der Waals surface area contributed by atoms with Crippen molar-refractivity contribution in [2.75, 3.05) is 0 Å². The number of hydrogen-bond donors (Lipinski definition) is 1. The molecule has 0 aliphatic carbocycles. The van der Waals surface area contributed by atoms with Gasteiger partial charge in [-0.2, -0.15) is 5.10 Å². The lowest BCUT2D eigenvalue weighted by Gasteiger charge is -2.07. The molecule has 0 aromatic carbocycles. The van der Waals surface area contributed by atoms with E-state index < -0.39 is 0 Å². The lowest BCUT2D eigenvalue weighted by atomic mass is 10.1. The molecule has 0 fully saturated rings. The van der Waals surface area contributed by atoms with Crippen molar-refractivity contribution >= 4 is 16.9 Å². The molecule has 1 amide bonds. The Morgan fingerprint density at radius 1 is 1.07 bits per heavy atom. The predicted octanol–water partition coefficient (Wildman–Crippen LogP) is 3.67. The second-order valence-corrected chi connectivity index (χ2v) is 7.50. The zero-order valence-corrected chi connectivity index (χ0v) is 17.4. The van der Waals surface area contributed by atoms with E-state index in [9.17, 15) is 4.79 Å². The molecule has 29 heavy (non-hydrogen) atoms. The number of carbonyl (C=O) groups is 1. The highest BCUT2D eigenvalue weighted by Crippen LogP contribution is 2.27. The summed E-state index contributed by atoms with van der Waals surface area (Å²) in [6.45, 7) is 10.4. The van der Waals surface area contributed by atoms with Crippen molar-refractivity contribution in [2.45, 2.75) is 47.7 Å². The lowest BCUT2D eigenvalue weighted by molar-refractivity contribution is -0.122. The second kappa shape index (κ2) is 7.24. The largest absolute Gasteiger partial charge is 0.465 e. The quantitative estimate of drug-likeness (QED) is 0.563. The molecular weight excluding hydrogens is 366 g/mol. The first-order valence-electron chi connectivity index (χ1n) is 9.65. The first-order chi connectivity index (χ1) is 13.8. The van der Waals surface area contributed by atoms with E-state index in [-0.39, 0.29) is 12.5 Å². The van der Waals surface area contributed by atoms with Gasteiger partial charge in [-0.25, -0.2) is 9.67 Å². The maximum Gasteiger partial charge on any atom is 0.242 e. The smallest absolute Gasteiger partial charge is 0.242 e. The van der Waals surface area contributed by atoms with Crippen molar-refractivity contribution in [1.82, 2.24) is 24.6 Å². The van der Waals surface area contributed by atoms with Crippen LogP contribution in [0.1, 0.15) is 34.2 Å². The van der Waals surface area contributed by atoms with E-state index in [0.717, 1.165) is 45.4 Å². The fraction of sp³-hybridized carbons (Fsp3) is 0.318. The second-order valence-electron chi connectivity index (χ2n) is 7.50. The van der Waals surface area contributed by atoms with Gasteiger partial charge in [0.05, 0.1) is 11.9 Å². The topological polar surface area (TPSA) is 77.9 Å². The van der Waals surface area contributed by atoms with Gasteiger partial charge < -0.3 is 14.3 Å². The molecule has 4 rings (SSSR count). The highest BCUT2D eigenvalue weighted by Gasteiger charge is 2.20. The first-order valence-corrected chi connectivity index (χ1v) is 9.65. The average Bonchev–Trinajstić information content (AvgIpc) is 3.31. The van der Waals surface area contributed by atoms with Crippen LogP contribution in [-0.2, 0) is 17.9 Å². The fourth-order valence-electron chi connectivity index (χ4n) is 3.72. The van der Waals surface area contributed by atoms with Gasteiger partial charge in [-0.15, -0.1) is 0 Å². The molecule has 0 aliphatic rings. The summed E-state index contributed by atoms with van der Waals surface area (Å²) in [5.74, 6) is 2.21. The molecule has 0 aliphatic heterocycles. The van der Waals surface area contributed by atoms with Crippen LogP contribution in [0.5, 0.6) is 0 Å². The highest BCUT2D eigenvalue weighted by atomic mass is 16.3. The Morgan fingerprint density at radius 2 is 1.79 bits per heavy atom. The van der Waals surface area contributed by atoms with E-state index in [1.807, 2.05) is 45.9 Å². The van der Waals surface area contributed by atoms with E-state index in [0.29, 0.717) is 12.2 Å². The molecule has 0 unspecified atom stereocenters. The zero-order valence-electron chi connectivity index (χ0n) is 17.4. The normalized spacial score (nSPS) is 11.3. The van der Waals surface area contributed by atoms with Crippen LogP contribution in [0.2, 0.25) is 0 Å². The number of pyridine rings is 1. The van der Waals surface area contributed by atoms with Crippen LogP contribution >= 0.6 is 0 Å². The van der Waals surface area contributed by atoms with Gasteiger partial charge in [-0.05, 0) is 70.5 Å². The average molecular weight is 391 g/mol. The molecule has 4 aromatic rings. The van der Waals surface area contributed by atoms with E-state index >= 15 is 0 Å². The number of amides is 1. The SMILES string of the molecule is Cc1cc(C)c2c(-n3c(C)ccc3C)nn(CC(=O)NCc3ccc(C)o3)c2n1. The number of aromatic nitrogens is 4. The summed E-state index contributed by atoms with van der Waals surface area (Å²) in [6.07, 6.45) is 0. The minimum absolute atomic E-state index is 0.0887. The molecule has 7 heteroatoms. The molecule has 150 valence electrons. The lowest BCUT2D eigenvalue weighted by Crippen LogP contribution is -2.27. The summed E-state index contributed by atoms with van der Waals surface area (Å²) < 4.78 is 9.30. The third-order valence-corrected chi connectivity index (χ3v) is 5.04. The summed E-state index contributed by atoms with van der Waals surface area (Å²) in [7, 11) is 0. The van der Waals surface area contributed by atoms with Gasteiger partial charge in [-0.1, -0.05) is 0 Å². The monoisotopic (exact) mass is 391 g/mol. The molecule has 1 N–H and O–H groups in total. The summed E-state index contributed by atoms with van der Waals surface area (Å²) in [5.41, 5.74) is 4.88. The van der Waals surface area contributed by atoms with Crippen LogP contribution in [0.15, 0.2) is 34.7 Å². The van der Waals surface area contributed by atoms with E-state index in [2.05, 4.69) is 33.9 Å². The zero-order chi connectivity index (χ0) is 20.7. The van der Waals surface area contributed by atoms with Gasteiger partial charge in [0.25, 0.3) is 0 Å². The molecule has 0 saturated heterocycles. The number of aryl methyl sites for hydroxylation is 5. The Bertz CT molecular complexity index is 1190. The Morgan fingerprint density at radius 3 is 2.45 bits per heavy atom. The van der Waals surface area contributed by atoms with Crippen molar-refractivity contribution in [1.29, 1.82) is 0 Å². The number of furan rings is 1. The molecule has 0 radical (unpaired) electrons. The molecule has 0 saturated carbocycles. The van der Waals surface area contributed by atoms with Gasteiger partial charge in [0.1, 0.15) is 18.1 Å². The van der Waals surface area contributed by atoms with Crippen molar-refractivity contribution in [3.8, 4) is 5.82 Å². The van der Waals surface area contributed by atoms with Crippen LogP contribution < -0.4 is 5.32 Å². The van der Waals surface area contributed by atoms with Crippen molar-refractivity contribution in [3.05, 3.63) is 64.5 Å². The fourth-order valence-corrected chi connectivity index (χ4v) is 3.72. The van der Waals surface area contributed by atoms with Gasteiger partial charge >= 0.3 is 0 Å². The maximum atomic E-state index is 12.6. The Kier molecular flexibility index (Phi) is 4.74. The summed E-state index contributed by atoms with van der Waals surface area (Å²) in [6, 6.07) is 9.92. The van der Waals surface area contributed by atoms with Crippen LogP contribution in [0.3, 0.4) is 0 Å². The van der Waals surface area contributed by atoms with Gasteiger partial charge in [0.2, 0.25) is 5.91 Å². The predicted molar refractivity (Wildman–Crippen MR) is 111 cm³/mol. The van der Waals surface area contributed by atoms with E-state index in [1.165, 1.54) is 0 Å². The number of nitrogens with one attached hydrogen (secondary N) is 1. The first kappa shape index (κ1) is 19.0. The summed E-state index contributed by atoms with van der Waals surface area (Å²) in [4.78, 5) is 17.3. The Balaban J connectivity index is 1.70. The Labute approximate surface area is 169 Å². The summed E-state index contributed by atoms with van der Waals surface area (Å²) >= 11 is 0. The number of nitrogens with zero attached hydrogens (tertiary/aromatic N) is 4. The van der Waals surface area contributed by atoms with Crippen molar-refractivity contribution in [2.24, 2.45) is 0 Å². The molecule has 4 aromatic heterocycles.